The van der Waals surface area contributed by atoms with Gasteiger partial charge in [-0.2, -0.15) is 13.2 Å². The number of benzene rings is 2. The van der Waals surface area contributed by atoms with Gasteiger partial charge in [0.25, 0.3) is 0 Å². The summed E-state index contributed by atoms with van der Waals surface area (Å²) in [6, 6.07) is 13.4. The Morgan fingerprint density at radius 1 is 1.04 bits per heavy atom. The van der Waals surface area contributed by atoms with E-state index in [0.29, 0.717) is 5.56 Å². The maximum atomic E-state index is 12.6. The number of para-hydroxylation sites is 1. The molecule has 0 amide bonds. The van der Waals surface area contributed by atoms with Crippen LogP contribution in [0.3, 0.4) is 0 Å². The number of fused-ring (bicyclic) bond motifs is 1. The standard InChI is InChI=1S/C20H17F3N2O/c21-20(22,23)16-7-5-13(6-8-16)10-17(24)19(26)11-14-9-15-3-1-2-4-18(15)25-12-14/h1-9,12,17H,10-11,24H2/t17-/m1/s1. The normalized spacial score (nSPS) is 12.9. The number of pyridine rings is 1. The van der Waals surface area contributed by atoms with Crippen LogP contribution >= 0.6 is 0 Å². The molecule has 0 aliphatic rings. The number of Topliss-reactive ketones (excluding diaryl/α,β-unsaturated/α-hetero) is 1. The molecule has 0 fully saturated rings. The molecule has 1 heterocycles. The highest BCUT2D eigenvalue weighted by Crippen LogP contribution is 2.29. The lowest BCUT2D eigenvalue weighted by Gasteiger charge is -2.12. The number of nitrogens with two attached hydrogens (primary N) is 1. The summed E-state index contributed by atoms with van der Waals surface area (Å²) in [5.74, 6) is -0.179. The van der Waals surface area contributed by atoms with Gasteiger partial charge in [-0.1, -0.05) is 30.3 Å². The van der Waals surface area contributed by atoms with Gasteiger partial charge in [0.2, 0.25) is 0 Å². The second-order valence-electron chi connectivity index (χ2n) is 6.18. The van der Waals surface area contributed by atoms with Crippen molar-refractivity contribution in [3.63, 3.8) is 0 Å². The van der Waals surface area contributed by atoms with E-state index < -0.39 is 17.8 Å². The highest BCUT2D eigenvalue weighted by atomic mass is 19.4. The van der Waals surface area contributed by atoms with Crippen molar-refractivity contribution in [2.75, 3.05) is 0 Å². The van der Waals surface area contributed by atoms with Crippen LogP contribution in [0.2, 0.25) is 0 Å². The molecule has 0 bridgehead atoms. The molecular weight excluding hydrogens is 341 g/mol. The highest BCUT2D eigenvalue weighted by Gasteiger charge is 2.30. The minimum absolute atomic E-state index is 0.139. The minimum Gasteiger partial charge on any atom is -0.321 e. The Hall–Kier alpha value is -2.73. The molecule has 6 heteroatoms. The van der Waals surface area contributed by atoms with Crippen LogP contribution in [0.5, 0.6) is 0 Å². The molecule has 3 aromatic rings. The molecule has 134 valence electrons. The lowest BCUT2D eigenvalue weighted by molar-refractivity contribution is -0.137. The Balaban J connectivity index is 1.65. The van der Waals surface area contributed by atoms with E-state index in [1.807, 2.05) is 30.3 Å². The lowest BCUT2D eigenvalue weighted by Crippen LogP contribution is -2.34. The van der Waals surface area contributed by atoms with E-state index in [1.165, 1.54) is 12.1 Å². The SMILES string of the molecule is N[C@H](Cc1ccc(C(F)(F)F)cc1)C(=O)Cc1cnc2ccccc2c1. The third-order valence-electron chi connectivity index (χ3n) is 4.18. The van der Waals surface area contributed by atoms with Crippen LogP contribution in [-0.4, -0.2) is 16.8 Å². The number of hydrogen-bond acceptors (Lipinski definition) is 3. The molecule has 2 aromatic carbocycles. The smallest absolute Gasteiger partial charge is 0.321 e. The molecule has 2 N–H and O–H groups in total. The van der Waals surface area contributed by atoms with Crippen molar-refractivity contribution in [1.82, 2.24) is 4.98 Å². The van der Waals surface area contributed by atoms with Gasteiger partial charge in [0, 0.05) is 18.0 Å². The monoisotopic (exact) mass is 358 g/mol. The molecule has 0 saturated carbocycles. The lowest BCUT2D eigenvalue weighted by atomic mass is 9.98. The van der Waals surface area contributed by atoms with Crippen LogP contribution in [0.1, 0.15) is 16.7 Å². The highest BCUT2D eigenvalue weighted by molar-refractivity contribution is 5.87. The predicted molar refractivity (Wildman–Crippen MR) is 93.6 cm³/mol. The summed E-state index contributed by atoms with van der Waals surface area (Å²) < 4.78 is 37.7. The number of halogens is 3. The summed E-state index contributed by atoms with van der Waals surface area (Å²) in [6.07, 6.45) is -2.40. The number of carbonyl (C=O) groups is 1. The average molecular weight is 358 g/mol. The number of aromatic nitrogens is 1. The average Bonchev–Trinajstić information content (AvgIpc) is 2.61. The van der Waals surface area contributed by atoms with Gasteiger partial charge in [0.15, 0.2) is 5.78 Å². The number of hydrogen-bond donors (Lipinski definition) is 1. The maximum Gasteiger partial charge on any atom is 0.416 e. The Morgan fingerprint density at radius 2 is 1.73 bits per heavy atom. The first-order valence-electron chi connectivity index (χ1n) is 8.11. The Morgan fingerprint density at radius 3 is 2.42 bits per heavy atom. The van der Waals surface area contributed by atoms with Crippen LogP contribution in [0.25, 0.3) is 10.9 Å². The van der Waals surface area contributed by atoms with Crippen molar-refractivity contribution in [2.45, 2.75) is 25.1 Å². The third kappa shape index (κ3) is 4.26. The molecular formula is C20H17F3N2O. The second kappa shape index (κ2) is 7.25. The van der Waals surface area contributed by atoms with Gasteiger partial charge in [0.05, 0.1) is 17.1 Å². The first-order valence-corrected chi connectivity index (χ1v) is 8.11. The first-order chi connectivity index (χ1) is 12.3. The van der Waals surface area contributed by atoms with Gasteiger partial charge in [-0.3, -0.25) is 9.78 Å². The van der Waals surface area contributed by atoms with Crippen LogP contribution < -0.4 is 5.73 Å². The van der Waals surface area contributed by atoms with Gasteiger partial charge in [-0.05, 0) is 41.8 Å². The summed E-state index contributed by atoms with van der Waals surface area (Å²) in [7, 11) is 0. The van der Waals surface area contributed by atoms with E-state index in [-0.39, 0.29) is 18.6 Å². The topological polar surface area (TPSA) is 56.0 Å². The van der Waals surface area contributed by atoms with Crippen molar-refractivity contribution in [1.29, 1.82) is 0 Å². The van der Waals surface area contributed by atoms with Gasteiger partial charge in [-0.25, -0.2) is 0 Å². The fourth-order valence-electron chi connectivity index (χ4n) is 2.74. The zero-order valence-electron chi connectivity index (χ0n) is 13.8. The van der Waals surface area contributed by atoms with E-state index >= 15 is 0 Å². The van der Waals surface area contributed by atoms with Crippen molar-refractivity contribution in [3.8, 4) is 0 Å². The van der Waals surface area contributed by atoms with Gasteiger partial charge in [0.1, 0.15) is 0 Å². The van der Waals surface area contributed by atoms with E-state index in [1.54, 1.807) is 6.20 Å². The molecule has 0 aliphatic carbocycles. The van der Waals surface area contributed by atoms with Gasteiger partial charge < -0.3 is 5.73 Å². The molecule has 3 nitrogen and oxygen atoms in total. The first kappa shape index (κ1) is 18.1. The van der Waals surface area contributed by atoms with E-state index in [9.17, 15) is 18.0 Å². The van der Waals surface area contributed by atoms with E-state index in [0.717, 1.165) is 28.6 Å². The third-order valence-corrected chi connectivity index (χ3v) is 4.18. The van der Waals surface area contributed by atoms with Crippen molar-refractivity contribution in [3.05, 3.63) is 77.5 Å². The molecule has 0 spiro atoms. The van der Waals surface area contributed by atoms with E-state index in [2.05, 4.69) is 4.98 Å². The fraction of sp³-hybridized carbons (Fsp3) is 0.200. The van der Waals surface area contributed by atoms with E-state index in [4.69, 9.17) is 5.73 Å². The molecule has 26 heavy (non-hydrogen) atoms. The summed E-state index contributed by atoms with van der Waals surface area (Å²) in [4.78, 5) is 16.7. The Labute approximate surface area is 148 Å². The summed E-state index contributed by atoms with van der Waals surface area (Å²) in [5, 5.41) is 0.939. The van der Waals surface area contributed by atoms with Crippen LogP contribution in [0.4, 0.5) is 13.2 Å². The molecule has 1 atom stereocenters. The quantitative estimate of drug-likeness (QED) is 0.752. The predicted octanol–water partition coefficient (Wildman–Crippen LogP) is 3.94. The molecule has 0 aliphatic heterocycles. The Kier molecular flexibility index (Phi) is 5.04. The number of rotatable bonds is 5. The van der Waals surface area contributed by atoms with Crippen molar-refractivity contribution < 1.29 is 18.0 Å². The maximum absolute atomic E-state index is 12.6. The zero-order chi connectivity index (χ0) is 18.7. The minimum atomic E-state index is -4.38. The molecule has 0 saturated heterocycles. The Bertz CT molecular complexity index is 920. The second-order valence-corrected chi connectivity index (χ2v) is 6.18. The van der Waals surface area contributed by atoms with Crippen LogP contribution in [-0.2, 0) is 23.8 Å². The number of ketones is 1. The fourth-order valence-corrected chi connectivity index (χ4v) is 2.74. The molecule has 1 aromatic heterocycles. The van der Waals surface area contributed by atoms with Crippen molar-refractivity contribution in [2.24, 2.45) is 5.73 Å². The van der Waals surface area contributed by atoms with Crippen LogP contribution in [0.15, 0.2) is 60.8 Å². The van der Waals surface area contributed by atoms with Gasteiger partial charge in [-0.15, -0.1) is 0 Å². The number of nitrogens with zero attached hydrogens (tertiary/aromatic N) is 1. The largest absolute Gasteiger partial charge is 0.416 e. The zero-order valence-corrected chi connectivity index (χ0v) is 13.8. The summed E-state index contributed by atoms with van der Waals surface area (Å²) >= 11 is 0. The summed E-state index contributed by atoms with van der Waals surface area (Å²) in [6.45, 7) is 0. The van der Waals surface area contributed by atoms with Crippen LogP contribution in [0, 0.1) is 0 Å². The molecule has 0 radical (unpaired) electrons. The molecule has 3 rings (SSSR count). The van der Waals surface area contributed by atoms with Gasteiger partial charge >= 0.3 is 6.18 Å². The summed E-state index contributed by atoms with van der Waals surface area (Å²) in [5.41, 5.74) is 7.42. The molecule has 0 unspecified atom stereocenters. The van der Waals surface area contributed by atoms with Crippen molar-refractivity contribution >= 4 is 16.7 Å². The number of carbonyl (C=O) groups excluding carboxylic acids is 1. The number of alkyl halides is 3.